The van der Waals surface area contributed by atoms with E-state index in [1.807, 2.05) is 0 Å². The van der Waals surface area contributed by atoms with Crippen molar-refractivity contribution in [2.75, 3.05) is 0 Å². The van der Waals surface area contributed by atoms with Crippen LogP contribution in [0.15, 0.2) is 0 Å². The molecule has 0 amide bonds. The van der Waals surface area contributed by atoms with Crippen molar-refractivity contribution in [2.24, 2.45) is 0 Å². The molecule has 4 heavy (non-hydrogen) atoms. The summed E-state index contributed by atoms with van der Waals surface area (Å²) in [5, 5.41) is 0. The van der Waals surface area contributed by atoms with Gasteiger partial charge in [0.1, 0.15) is 0 Å². The van der Waals surface area contributed by atoms with Crippen molar-refractivity contribution in [3.63, 3.8) is 0 Å². The summed E-state index contributed by atoms with van der Waals surface area (Å²) in [6, 6.07) is 0. The van der Waals surface area contributed by atoms with E-state index in [-0.39, 0.29) is 0 Å². The predicted molar refractivity (Wildman–Crippen MR) is 27.7 cm³/mol. The number of hydrogen-bond acceptors (Lipinski definition) is 0. The Bertz CT molecular complexity index is 10.8. The molecule has 3 radical (unpaired) electrons. The topological polar surface area (TPSA) is 0 Å². The maximum atomic E-state index is 5.24. The third-order valence-corrected chi connectivity index (χ3v) is 0. The van der Waals surface area contributed by atoms with Gasteiger partial charge >= 0.3 is 0 Å². The molecule has 0 rings (SSSR count). The molecule has 0 saturated heterocycles. The standard InChI is InChI=1S/BrClHSi2/c1-4(2)3/h4H. The second-order valence-corrected chi connectivity index (χ2v) is 11.9. The van der Waals surface area contributed by atoms with Gasteiger partial charge in [-0.2, -0.15) is 11.1 Å². The van der Waals surface area contributed by atoms with Crippen molar-refractivity contribution >= 4 is 42.4 Å². The SMILES string of the molecule is [Si][SiH](Cl)Br. The van der Waals surface area contributed by atoms with Crippen LogP contribution in [0.5, 0.6) is 0 Å². The summed E-state index contributed by atoms with van der Waals surface area (Å²) < 4.78 is 0. The van der Waals surface area contributed by atoms with Gasteiger partial charge in [-0.05, 0) is 0 Å². The summed E-state index contributed by atoms with van der Waals surface area (Å²) in [5.41, 5.74) is 0. The average molecular weight is 173 g/mol. The monoisotopic (exact) mass is 171 g/mol. The number of halogens is 2. The molecule has 0 N–H and O–H groups in total. The summed E-state index contributed by atoms with van der Waals surface area (Å²) >= 11 is 8.33. The third kappa shape index (κ3) is 10.7. The van der Waals surface area contributed by atoms with E-state index < -0.39 is 6.24 Å². The molecule has 0 aromatic carbocycles. The summed E-state index contributed by atoms with van der Waals surface area (Å²) in [5.74, 6) is 0. The van der Waals surface area contributed by atoms with Crippen LogP contribution in [-0.4, -0.2) is 16.0 Å². The molecule has 0 aromatic heterocycles. The average Bonchev–Trinajstić information content (AvgIpc) is 0.811. The van der Waals surface area contributed by atoms with Gasteiger partial charge in [-0.3, -0.25) is 0 Å². The molecule has 0 aromatic rings. The fourth-order valence-electron chi connectivity index (χ4n) is 0. The Hall–Kier alpha value is 1.20. The molecule has 0 fully saturated rings. The molecule has 23 valence electrons. The lowest BCUT2D eigenvalue weighted by molar-refractivity contribution is 4.25. The quantitative estimate of drug-likeness (QED) is 0.369. The van der Waals surface area contributed by atoms with Crippen LogP contribution in [0.1, 0.15) is 0 Å². The Labute approximate surface area is 42.6 Å². The maximum absolute atomic E-state index is 5.24. The summed E-state index contributed by atoms with van der Waals surface area (Å²) in [7, 11) is 3.13. The van der Waals surface area contributed by atoms with E-state index in [9.17, 15) is 0 Å². The van der Waals surface area contributed by atoms with Gasteiger partial charge in [0.15, 0.2) is 6.24 Å². The van der Waals surface area contributed by atoms with E-state index in [1.165, 1.54) is 0 Å². The molecule has 0 bridgehead atoms. The Morgan fingerprint density at radius 2 is 2.00 bits per heavy atom. The van der Waals surface area contributed by atoms with Crippen LogP contribution >= 0.6 is 26.4 Å². The molecule has 0 aliphatic rings. The third-order valence-electron chi connectivity index (χ3n) is 0. The second-order valence-electron chi connectivity index (χ2n) is 0.301. The van der Waals surface area contributed by atoms with Gasteiger partial charge in [0, 0.05) is 9.76 Å². The van der Waals surface area contributed by atoms with Crippen molar-refractivity contribution in [1.29, 1.82) is 0 Å². The minimum atomic E-state index is -1.05. The van der Waals surface area contributed by atoms with E-state index >= 15 is 0 Å². The predicted octanol–water partition coefficient (Wildman–Crippen LogP) is 0.506. The van der Waals surface area contributed by atoms with Crippen molar-refractivity contribution < 1.29 is 0 Å². The minimum Gasteiger partial charge on any atom is -0.161 e. The van der Waals surface area contributed by atoms with Gasteiger partial charge in [0.25, 0.3) is 0 Å². The summed E-state index contributed by atoms with van der Waals surface area (Å²) in [4.78, 5) is 0. The van der Waals surface area contributed by atoms with Gasteiger partial charge in [-0.25, -0.2) is 0 Å². The Morgan fingerprint density at radius 3 is 2.00 bits per heavy atom. The van der Waals surface area contributed by atoms with E-state index in [4.69, 9.17) is 11.1 Å². The number of hydrogen-bond donors (Lipinski definition) is 0. The van der Waals surface area contributed by atoms with E-state index in [0.717, 1.165) is 0 Å². The lowest BCUT2D eigenvalue weighted by Crippen LogP contribution is -1.84. The molecule has 0 heterocycles. The van der Waals surface area contributed by atoms with Crippen LogP contribution in [-0.2, 0) is 0 Å². The van der Waals surface area contributed by atoms with Crippen LogP contribution in [0, 0.1) is 0 Å². The first kappa shape index (κ1) is 5.20. The first-order valence-electron chi connectivity index (χ1n) is 0.725. The maximum Gasteiger partial charge on any atom is 0.192 e. The van der Waals surface area contributed by atoms with Gasteiger partial charge in [0.05, 0.1) is 0 Å². The summed E-state index contributed by atoms with van der Waals surface area (Å²) in [6.07, 6.45) is -1.05. The molecule has 4 heteroatoms. The molecule has 0 nitrogen and oxygen atoms in total. The Kier molecular flexibility index (Phi) is 3.18. The Balaban J connectivity index is 2.32. The van der Waals surface area contributed by atoms with Crippen LogP contribution in [0.3, 0.4) is 0 Å². The molecule has 0 aliphatic heterocycles. The van der Waals surface area contributed by atoms with E-state index in [1.54, 1.807) is 0 Å². The highest BCUT2D eigenvalue weighted by molar-refractivity contribution is 9.27. The molecule has 1 unspecified atom stereocenters. The highest BCUT2D eigenvalue weighted by Gasteiger charge is 1.80. The zero-order chi connectivity index (χ0) is 3.58. The zero-order valence-electron chi connectivity index (χ0n) is 1.83. The molecule has 0 saturated carbocycles. The second kappa shape index (κ2) is 2.44. The van der Waals surface area contributed by atoms with Crippen molar-refractivity contribution in [3.8, 4) is 0 Å². The first-order chi connectivity index (χ1) is 1.73. The fourth-order valence-corrected chi connectivity index (χ4v) is 0. The van der Waals surface area contributed by atoms with Gasteiger partial charge in [-0.15, -0.1) is 15.3 Å². The van der Waals surface area contributed by atoms with Crippen LogP contribution < -0.4 is 0 Å². The van der Waals surface area contributed by atoms with Crippen molar-refractivity contribution in [2.45, 2.75) is 0 Å². The molecule has 0 aliphatic carbocycles. The molecule has 0 spiro atoms. The normalized spacial score (nSPS) is 15.8. The fraction of sp³-hybridized carbons (Fsp3) is 0. The number of rotatable bonds is 0. The van der Waals surface area contributed by atoms with Crippen LogP contribution in [0.25, 0.3) is 0 Å². The van der Waals surface area contributed by atoms with Gasteiger partial charge in [-0.1, -0.05) is 0 Å². The van der Waals surface area contributed by atoms with E-state index in [0.29, 0.717) is 0 Å². The van der Waals surface area contributed by atoms with Gasteiger partial charge in [0.2, 0.25) is 0 Å². The van der Waals surface area contributed by atoms with Crippen LogP contribution in [0.4, 0.5) is 0 Å². The lowest BCUT2D eigenvalue weighted by atomic mass is 27.0. The van der Waals surface area contributed by atoms with Crippen LogP contribution in [0.2, 0.25) is 0 Å². The molecule has 1 atom stereocenters. The Morgan fingerprint density at radius 1 is 2.00 bits per heavy atom. The van der Waals surface area contributed by atoms with Crippen molar-refractivity contribution in [3.05, 3.63) is 0 Å². The molecular formula is HBrClSi2. The van der Waals surface area contributed by atoms with E-state index in [2.05, 4.69) is 25.1 Å². The highest BCUT2D eigenvalue weighted by atomic mass is 79.9. The van der Waals surface area contributed by atoms with Gasteiger partial charge < -0.3 is 0 Å². The molecular weight excluding hydrogens is 172 g/mol. The first-order valence-corrected chi connectivity index (χ1v) is 7.96. The summed E-state index contributed by atoms with van der Waals surface area (Å²) in [6.45, 7) is 0. The minimum absolute atomic E-state index is 1.05. The lowest BCUT2D eigenvalue weighted by Gasteiger charge is -1.68. The smallest absolute Gasteiger partial charge is 0.161 e. The highest BCUT2D eigenvalue weighted by Crippen LogP contribution is 1.88. The zero-order valence-corrected chi connectivity index (χ0v) is 6.33. The van der Waals surface area contributed by atoms with Crippen molar-refractivity contribution in [1.82, 2.24) is 0 Å². The largest absolute Gasteiger partial charge is 0.192 e.